The average Bonchev–Trinajstić information content (AvgIpc) is 2.83. The summed E-state index contributed by atoms with van der Waals surface area (Å²) in [4.78, 5) is 53.0. The van der Waals surface area contributed by atoms with Crippen molar-refractivity contribution in [1.82, 2.24) is 15.5 Å². The molecule has 0 bridgehead atoms. The summed E-state index contributed by atoms with van der Waals surface area (Å²) in [6, 6.07) is 2.71. The van der Waals surface area contributed by atoms with Gasteiger partial charge in [0.05, 0.1) is 7.11 Å². The van der Waals surface area contributed by atoms with E-state index in [1.165, 1.54) is 23.8 Å². The highest BCUT2D eigenvalue weighted by atomic mass is 32.2. The van der Waals surface area contributed by atoms with E-state index in [4.69, 9.17) is 4.74 Å². The molecule has 0 aliphatic rings. The van der Waals surface area contributed by atoms with Crippen molar-refractivity contribution < 1.29 is 33.8 Å². The summed E-state index contributed by atoms with van der Waals surface area (Å²) >= 11 is 1.51. The number of rotatable bonds is 13. The van der Waals surface area contributed by atoms with Crippen LogP contribution in [0.4, 0.5) is 4.79 Å². The van der Waals surface area contributed by atoms with Gasteiger partial charge in [0.1, 0.15) is 30.0 Å². The average molecular weight is 540 g/mol. The number of aromatic hydroxyl groups is 1. The number of ether oxygens (including phenoxy) is 2. The number of phenols is 1. The summed E-state index contributed by atoms with van der Waals surface area (Å²) in [6.07, 6.45) is 2.75. The van der Waals surface area contributed by atoms with Gasteiger partial charge in [-0.3, -0.25) is 14.4 Å². The molecule has 0 fully saturated rings. The Labute approximate surface area is 223 Å². The molecule has 1 aromatic carbocycles. The number of hydrogen-bond donors (Lipinski definition) is 3. The Morgan fingerprint density at radius 2 is 1.86 bits per heavy atom. The lowest BCUT2D eigenvalue weighted by Gasteiger charge is -2.35. The third-order valence-corrected chi connectivity index (χ3v) is 6.04. The van der Waals surface area contributed by atoms with Crippen molar-refractivity contribution in [1.29, 1.82) is 0 Å². The molecule has 1 aromatic rings. The van der Waals surface area contributed by atoms with Gasteiger partial charge in [-0.05, 0) is 58.1 Å². The van der Waals surface area contributed by atoms with Crippen LogP contribution in [0.3, 0.4) is 0 Å². The van der Waals surface area contributed by atoms with Crippen LogP contribution in [0.5, 0.6) is 5.75 Å². The number of aryl methyl sites for hydroxylation is 1. The molecule has 208 valence electrons. The molecule has 2 unspecified atom stereocenters. The van der Waals surface area contributed by atoms with E-state index in [9.17, 15) is 24.3 Å². The number of para-hydroxylation sites is 1. The zero-order valence-electron chi connectivity index (χ0n) is 22.9. The van der Waals surface area contributed by atoms with Gasteiger partial charge in [-0.2, -0.15) is 11.8 Å². The molecule has 0 radical (unpaired) electrons. The third-order valence-electron chi connectivity index (χ3n) is 5.39. The number of unbranched alkanes of at least 4 members (excludes halogenated alkanes) is 1. The van der Waals surface area contributed by atoms with E-state index in [1.807, 2.05) is 13.2 Å². The van der Waals surface area contributed by atoms with Gasteiger partial charge in [-0.25, -0.2) is 4.79 Å². The van der Waals surface area contributed by atoms with Crippen LogP contribution >= 0.6 is 11.8 Å². The van der Waals surface area contributed by atoms with Crippen molar-refractivity contribution in [2.75, 3.05) is 32.2 Å². The molecule has 0 saturated carbocycles. The molecule has 0 spiro atoms. The van der Waals surface area contributed by atoms with Crippen molar-refractivity contribution in [2.24, 2.45) is 0 Å². The molecular weight excluding hydrogens is 498 g/mol. The number of alkyl carbamates (subject to hydrolysis) is 1. The zero-order chi connectivity index (χ0) is 28.2. The Morgan fingerprint density at radius 3 is 2.43 bits per heavy atom. The Kier molecular flexibility index (Phi) is 13.3. The summed E-state index contributed by atoms with van der Waals surface area (Å²) < 4.78 is 9.99. The van der Waals surface area contributed by atoms with E-state index in [0.29, 0.717) is 24.2 Å². The molecule has 3 N–H and O–H groups in total. The number of thioether (sulfide) groups is 1. The lowest BCUT2D eigenvalue weighted by Crippen LogP contribution is -2.53. The Balaban J connectivity index is 3.51. The first-order chi connectivity index (χ1) is 17.4. The van der Waals surface area contributed by atoms with E-state index < -0.39 is 48.1 Å². The number of nitrogens with zero attached hydrogens (tertiary/aromatic N) is 1. The van der Waals surface area contributed by atoms with Crippen molar-refractivity contribution in [2.45, 2.75) is 71.6 Å². The molecule has 0 aliphatic heterocycles. The minimum atomic E-state index is -1.25. The number of amides is 3. The number of phenolic OH excluding ortho intramolecular Hbond substituents is 1. The quantitative estimate of drug-likeness (QED) is 0.325. The highest BCUT2D eigenvalue weighted by molar-refractivity contribution is 7.98. The lowest BCUT2D eigenvalue weighted by atomic mass is 9.98. The third kappa shape index (κ3) is 10.5. The highest BCUT2D eigenvalue weighted by Crippen LogP contribution is 2.32. The minimum Gasteiger partial charge on any atom is -0.507 e. The topological polar surface area (TPSA) is 134 Å². The lowest BCUT2D eigenvalue weighted by molar-refractivity contribution is -0.144. The standard InChI is InChI=1S/C26H41N3O7S/c1-8-9-14-29(24(33)19(13-15-37-7)28-25(34)36-26(3,4)5)21(23(32)27-16-20(30)35-6)18-12-10-11-17(2)22(18)31/h10-12,19,21,31H,8-9,13-16H2,1-7H3,(H,27,32)(H,28,34). The van der Waals surface area contributed by atoms with E-state index in [0.717, 1.165) is 6.42 Å². The Morgan fingerprint density at radius 1 is 1.19 bits per heavy atom. The van der Waals surface area contributed by atoms with Gasteiger partial charge in [-0.15, -0.1) is 0 Å². The maximum absolute atomic E-state index is 14.0. The molecule has 2 atom stereocenters. The van der Waals surface area contributed by atoms with Crippen LogP contribution in [0, 0.1) is 6.92 Å². The van der Waals surface area contributed by atoms with Crippen LogP contribution in [-0.4, -0.2) is 77.7 Å². The van der Waals surface area contributed by atoms with Gasteiger partial charge in [0.25, 0.3) is 0 Å². The zero-order valence-corrected chi connectivity index (χ0v) is 23.7. The van der Waals surface area contributed by atoms with E-state index in [2.05, 4.69) is 15.4 Å². The fourth-order valence-electron chi connectivity index (χ4n) is 3.52. The van der Waals surface area contributed by atoms with Gasteiger partial charge in [0.2, 0.25) is 11.8 Å². The number of carbonyl (C=O) groups is 4. The second kappa shape index (κ2) is 15.3. The number of esters is 1. The maximum atomic E-state index is 14.0. The summed E-state index contributed by atoms with van der Waals surface area (Å²) in [5.41, 5.74) is -0.0207. The second-order valence-electron chi connectivity index (χ2n) is 9.57. The number of methoxy groups -OCH3 is 1. The summed E-state index contributed by atoms with van der Waals surface area (Å²) in [5.74, 6) is -1.36. The largest absolute Gasteiger partial charge is 0.507 e. The van der Waals surface area contributed by atoms with Gasteiger partial charge >= 0.3 is 12.1 Å². The number of hydrogen-bond acceptors (Lipinski definition) is 8. The summed E-state index contributed by atoms with van der Waals surface area (Å²) in [6.45, 7) is 8.59. The Hall–Kier alpha value is -2.95. The van der Waals surface area contributed by atoms with Gasteiger partial charge in [0.15, 0.2) is 0 Å². The monoisotopic (exact) mass is 539 g/mol. The van der Waals surface area contributed by atoms with Crippen molar-refractivity contribution in [3.63, 3.8) is 0 Å². The smallest absolute Gasteiger partial charge is 0.408 e. The van der Waals surface area contributed by atoms with Crippen LogP contribution in [-0.2, 0) is 23.9 Å². The van der Waals surface area contributed by atoms with Crippen LogP contribution in [0.15, 0.2) is 18.2 Å². The molecule has 0 heterocycles. The fraction of sp³-hybridized carbons (Fsp3) is 0.615. The van der Waals surface area contributed by atoms with Crippen molar-refractivity contribution in [3.05, 3.63) is 29.3 Å². The van der Waals surface area contributed by atoms with Crippen LogP contribution in [0.25, 0.3) is 0 Å². The molecule has 0 saturated heterocycles. The first-order valence-electron chi connectivity index (χ1n) is 12.3. The first kappa shape index (κ1) is 32.1. The molecule has 10 nitrogen and oxygen atoms in total. The summed E-state index contributed by atoms with van der Waals surface area (Å²) in [5, 5.41) is 16.0. The molecule has 3 amide bonds. The normalized spacial score (nSPS) is 12.7. The van der Waals surface area contributed by atoms with Crippen molar-refractivity contribution >= 4 is 35.6 Å². The molecule has 0 aliphatic carbocycles. The van der Waals surface area contributed by atoms with Gasteiger partial charge < -0.3 is 30.1 Å². The highest BCUT2D eigenvalue weighted by Gasteiger charge is 2.37. The Bertz CT molecular complexity index is 933. The van der Waals surface area contributed by atoms with Crippen LogP contribution in [0.1, 0.15) is 64.1 Å². The molecular formula is C26H41N3O7S. The molecule has 37 heavy (non-hydrogen) atoms. The van der Waals surface area contributed by atoms with E-state index in [-0.39, 0.29) is 17.9 Å². The predicted molar refractivity (Wildman–Crippen MR) is 143 cm³/mol. The fourth-order valence-corrected chi connectivity index (χ4v) is 3.99. The molecule has 11 heteroatoms. The molecule has 0 aromatic heterocycles. The van der Waals surface area contributed by atoms with Gasteiger partial charge in [0, 0.05) is 12.1 Å². The van der Waals surface area contributed by atoms with Gasteiger partial charge in [-0.1, -0.05) is 31.5 Å². The van der Waals surface area contributed by atoms with E-state index >= 15 is 0 Å². The van der Waals surface area contributed by atoms with Crippen LogP contribution in [0.2, 0.25) is 0 Å². The van der Waals surface area contributed by atoms with Crippen LogP contribution < -0.4 is 10.6 Å². The molecule has 1 rings (SSSR count). The SMILES string of the molecule is CCCCN(C(=O)C(CCSC)NC(=O)OC(C)(C)C)C(C(=O)NCC(=O)OC)c1cccc(C)c1O. The predicted octanol–water partition coefficient (Wildman–Crippen LogP) is 3.31. The number of nitrogens with one attached hydrogen (secondary N) is 2. The number of benzene rings is 1. The number of carbonyl (C=O) groups excluding carboxylic acids is 4. The van der Waals surface area contributed by atoms with E-state index in [1.54, 1.807) is 45.9 Å². The first-order valence-corrected chi connectivity index (χ1v) is 13.7. The maximum Gasteiger partial charge on any atom is 0.408 e. The second-order valence-corrected chi connectivity index (χ2v) is 10.6. The minimum absolute atomic E-state index is 0.129. The van der Waals surface area contributed by atoms with Crippen molar-refractivity contribution in [3.8, 4) is 5.75 Å². The summed E-state index contributed by atoms with van der Waals surface area (Å²) in [7, 11) is 1.20.